The Kier molecular flexibility index (Phi) is 6.55. The standard InChI is InChI=1S/C22H22N2O6S/c1-4-29-22(26)20-14(2)17-10-5-6-11-18(17)23-19(20)13-30-21(25)15-8-7-9-16(12-15)24-31(3,27)28/h5-12,24H,4,13H2,1-3H3. The van der Waals surface area contributed by atoms with Gasteiger partial charge in [0.1, 0.15) is 6.61 Å². The first-order chi connectivity index (χ1) is 14.7. The van der Waals surface area contributed by atoms with Crippen LogP contribution in [0.4, 0.5) is 5.69 Å². The highest BCUT2D eigenvalue weighted by Gasteiger charge is 2.21. The number of hydrogen-bond donors (Lipinski definition) is 1. The number of esters is 2. The highest BCUT2D eigenvalue weighted by Crippen LogP contribution is 2.24. The molecule has 31 heavy (non-hydrogen) atoms. The lowest BCUT2D eigenvalue weighted by atomic mass is 10.0. The Labute approximate surface area is 180 Å². The summed E-state index contributed by atoms with van der Waals surface area (Å²) < 4.78 is 35.7. The average Bonchev–Trinajstić information content (AvgIpc) is 2.71. The largest absolute Gasteiger partial charge is 0.462 e. The van der Waals surface area contributed by atoms with Gasteiger partial charge in [0, 0.05) is 11.1 Å². The third-order valence-corrected chi connectivity index (χ3v) is 5.05. The van der Waals surface area contributed by atoms with E-state index in [-0.39, 0.29) is 35.7 Å². The van der Waals surface area contributed by atoms with E-state index in [2.05, 4.69) is 9.71 Å². The molecule has 0 saturated heterocycles. The van der Waals surface area contributed by atoms with Gasteiger partial charge in [0.05, 0.1) is 35.2 Å². The SMILES string of the molecule is CCOC(=O)c1c(COC(=O)c2cccc(NS(C)(=O)=O)c2)nc2ccccc2c1C. The van der Waals surface area contributed by atoms with E-state index >= 15 is 0 Å². The summed E-state index contributed by atoms with van der Waals surface area (Å²) in [5, 5.41) is 0.806. The zero-order valence-corrected chi connectivity index (χ0v) is 18.2. The molecule has 0 unspecified atom stereocenters. The number of hydrogen-bond acceptors (Lipinski definition) is 7. The van der Waals surface area contributed by atoms with E-state index in [1.54, 1.807) is 13.8 Å². The number of sulfonamides is 1. The van der Waals surface area contributed by atoms with Crippen molar-refractivity contribution in [3.63, 3.8) is 0 Å². The van der Waals surface area contributed by atoms with Gasteiger partial charge in [0.25, 0.3) is 0 Å². The van der Waals surface area contributed by atoms with Crippen LogP contribution in [0.25, 0.3) is 10.9 Å². The van der Waals surface area contributed by atoms with Crippen molar-refractivity contribution in [2.24, 2.45) is 0 Å². The molecule has 3 aromatic rings. The Balaban J connectivity index is 1.89. The van der Waals surface area contributed by atoms with Crippen molar-refractivity contribution in [2.75, 3.05) is 17.6 Å². The molecule has 0 aliphatic carbocycles. The lowest BCUT2D eigenvalue weighted by molar-refractivity contribution is 0.0444. The molecule has 0 amide bonds. The number of nitrogens with one attached hydrogen (secondary N) is 1. The summed E-state index contributed by atoms with van der Waals surface area (Å²) in [6, 6.07) is 13.3. The first-order valence-corrected chi connectivity index (χ1v) is 11.4. The molecule has 0 aliphatic rings. The second-order valence-corrected chi connectivity index (χ2v) is 8.58. The molecule has 0 saturated carbocycles. The third-order valence-electron chi connectivity index (χ3n) is 4.45. The minimum atomic E-state index is -3.48. The number of aryl methyl sites for hydroxylation is 1. The van der Waals surface area contributed by atoms with Gasteiger partial charge in [0.15, 0.2) is 0 Å². The fourth-order valence-electron chi connectivity index (χ4n) is 3.16. The highest BCUT2D eigenvalue weighted by atomic mass is 32.2. The number of rotatable bonds is 7. The van der Waals surface area contributed by atoms with Crippen LogP contribution < -0.4 is 4.72 Å². The van der Waals surface area contributed by atoms with Crippen LogP contribution in [-0.2, 0) is 26.1 Å². The molecule has 0 aliphatic heterocycles. The first kappa shape index (κ1) is 22.2. The number of carbonyl (C=O) groups excluding carboxylic acids is 2. The molecule has 0 bridgehead atoms. The molecular formula is C22H22N2O6S. The van der Waals surface area contributed by atoms with Crippen LogP contribution in [0.3, 0.4) is 0 Å². The van der Waals surface area contributed by atoms with Crippen molar-refractivity contribution in [3.05, 3.63) is 70.9 Å². The van der Waals surface area contributed by atoms with Crippen molar-refractivity contribution in [3.8, 4) is 0 Å². The molecule has 162 valence electrons. The van der Waals surface area contributed by atoms with E-state index in [1.807, 2.05) is 24.3 Å². The lowest BCUT2D eigenvalue weighted by Gasteiger charge is -2.14. The van der Waals surface area contributed by atoms with Gasteiger partial charge < -0.3 is 9.47 Å². The molecule has 1 aromatic heterocycles. The van der Waals surface area contributed by atoms with Crippen LogP contribution >= 0.6 is 0 Å². The number of pyridine rings is 1. The van der Waals surface area contributed by atoms with Crippen LogP contribution in [-0.4, -0.2) is 38.2 Å². The molecule has 9 heteroatoms. The summed E-state index contributed by atoms with van der Waals surface area (Å²) in [6.07, 6.45) is 1.02. The van der Waals surface area contributed by atoms with Crippen LogP contribution in [0, 0.1) is 6.92 Å². The van der Waals surface area contributed by atoms with Gasteiger partial charge in [-0.3, -0.25) is 4.72 Å². The number of carbonyl (C=O) groups is 2. The van der Waals surface area contributed by atoms with E-state index in [4.69, 9.17) is 9.47 Å². The number of ether oxygens (including phenoxy) is 2. The minimum absolute atomic E-state index is 0.156. The number of aromatic nitrogens is 1. The lowest BCUT2D eigenvalue weighted by Crippen LogP contribution is -2.15. The maximum Gasteiger partial charge on any atom is 0.340 e. The summed E-state index contributed by atoms with van der Waals surface area (Å²) in [7, 11) is -3.48. The zero-order chi connectivity index (χ0) is 22.6. The zero-order valence-electron chi connectivity index (χ0n) is 17.3. The molecule has 1 N–H and O–H groups in total. The first-order valence-electron chi connectivity index (χ1n) is 9.50. The molecule has 1 heterocycles. The van der Waals surface area contributed by atoms with Gasteiger partial charge in [-0.1, -0.05) is 24.3 Å². The monoisotopic (exact) mass is 442 g/mol. The number of nitrogens with zero attached hydrogens (tertiary/aromatic N) is 1. The summed E-state index contributed by atoms with van der Waals surface area (Å²) in [6.45, 7) is 3.45. The molecule has 2 aromatic carbocycles. The van der Waals surface area contributed by atoms with Crippen LogP contribution in [0.2, 0.25) is 0 Å². The number of anilines is 1. The van der Waals surface area contributed by atoms with Crippen LogP contribution in [0.1, 0.15) is 38.9 Å². The quantitative estimate of drug-likeness (QED) is 0.558. The van der Waals surface area contributed by atoms with Crippen molar-refractivity contribution in [1.29, 1.82) is 0 Å². The smallest absolute Gasteiger partial charge is 0.340 e. The van der Waals surface area contributed by atoms with Gasteiger partial charge in [-0.05, 0) is 43.7 Å². The van der Waals surface area contributed by atoms with Crippen molar-refractivity contribution in [1.82, 2.24) is 4.98 Å². The topological polar surface area (TPSA) is 112 Å². The Morgan fingerprint density at radius 2 is 1.77 bits per heavy atom. The summed E-state index contributed by atoms with van der Waals surface area (Å²) in [4.78, 5) is 29.6. The normalized spacial score (nSPS) is 11.2. The fraction of sp³-hybridized carbons (Fsp3) is 0.227. The van der Waals surface area contributed by atoms with E-state index in [0.29, 0.717) is 11.1 Å². The van der Waals surface area contributed by atoms with Gasteiger partial charge in [0.2, 0.25) is 10.0 Å². The molecule has 0 fully saturated rings. The summed E-state index contributed by atoms with van der Waals surface area (Å²) in [5.74, 6) is -1.22. The molecular weight excluding hydrogens is 420 g/mol. The fourth-order valence-corrected chi connectivity index (χ4v) is 3.72. The predicted molar refractivity (Wildman–Crippen MR) is 116 cm³/mol. The number of benzene rings is 2. The number of fused-ring (bicyclic) bond motifs is 1. The van der Waals surface area contributed by atoms with Crippen molar-refractivity contribution in [2.45, 2.75) is 20.5 Å². The van der Waals surface area contributed by atoms with Gasteiger partial charge in [-0.15, -0.1) is 0 Å². The minimum Gasteiger partial charge on any atom is -0.462 e. The Morgan fingerprint density at radius 3 is 2.48 bits per heavy atom. The van der Waals surface area contributed by atoms with Crippen LogP contribution in [0.5, 0.6) is 0 Å². The second-order valence-electron chi connectivity index (χ2n) is 6.83. The molecule has 0 radical (unpaired) electrons. The summed E-state index contributed by atoms with van der Waals surface area (Å²) >= 11 is 0. The molecule has 0 spiro atoms. The van der Waals surface area contributed by atoms with Crippen molar-refractivity contribution < 1.29 is 27.5 Å². The van der Waals surface area contributed by atoms with E-state index in [9.17, 15) is 18.0 Å². The average molecular weight is 442 g/mol. The van der Waals surface area contributed by atoms with Gasteiger partial charge in [-0.2, -0.15) is 0 Å². The second kappa shape index (κ2) is 9.13. The van der Waals surface area contributed by atoms with E-state index in [1.165, 1.54) is 24.3 Å². The van der Waals surface area contributed by atoms with Crippen LogP contribution in [0.15, 0.2) is 48.5 Å². The van der Waals surface area contributed by atoms with E-state index in [0.717, 1.165) is 11.6 Å². The van der Waals surface area contributed by atoms with E-state index < -0.39 is 22.0 Å². The van der Waals surface area contributed by atoms with Gasteiger partial charge >= 0.3 is 11.9 Å². The number of para-hydroxylation sites is 1. The maximum absolute atomic E-state index is 12.6. The third kappa shape index (κ3) is 5.37. The molecule has 0 atom stereocenters. The molecule has 8 nitrogen and oxygen atoms in total. The highest BCUT2D eigenvalue weighted by molar-refractivity contribution is 7.92. The van der Waals surface area contributed by atoms with Gasteiger partial charge in [-0.25, -0.2) is 23.0 Å². The molecule has 3 rings (SSSR count). The van der Waals surface area contributed by atoms with Crippen molar-refractivity contribution >= 4 is 38.6 Å². The Morgan fingerprint density at radius 1 is 1.03 bits per heavy atom. The predicted octanol–water partition coefficient (Wildman–Crippen LogP) is 3.45. The maximum atomic E-state index is 12.6. The summed E-state index contributed by atoms with van der Waals surface area (Å²) in [5.41, 5.74) is 2.30. The Bertz CT molecular complexity index is 1250. The Hall–Kier alpha value is -3.46.